The van der Waals surface area contributed by atoms with Crippen molar-refractivity contribution in [3.63, 3.8) is 0 Å². The van der Waals surface area contributed by atoms with Crippen LogP contribution in [0.2, 0.25) is 5.02 Å². The van der Waals surface area contributed by atoms with Crippen LogP contribution in [0.1, 0.15) is 12.5 Å². The molecule has 0 radical (unpaired) electrons. The molecule has 2 aromatic rings. The van der Waals surface area contributed by atoms with Gasteiger partial charge in [-0.15, -0.1) is 0 Å². The first-order valence-electron chi connectivity index (χ1n) is 7.44. The molecule has 7 heteroatoms. The Morgan fingerprint density at radius 2 is 1.71 bits per heavy atom. The smallest absolute Gasteiger partial charge is 0.242 e. The normalized spacial score (nSPS) is 11.2. The standard InChI is InChI=1S/C17H19ClN2O3S/c1-14(21)20(13-15-7-3-2-4-8-15)12-11-19-24(22,23)17-10-6-5-9-16(17)18/h2-10,19H,11-13H2,1H3. The summed E-state index contributed by atoms with van der Waals surface area (Å²) < 4.78 is 27.0. The van der Waals surface area contributed by atoms with Crippen LogP contribution in [0.3, 0.4) is 0 Å². The second kappa shape index (κ2) is 8.28. The van der Waals surface area contributed by atoms with Crippen LogP contribution < -0.4 is 4.72 Å². The molecule has 0 bridgehead atoms. The Morgan fingerprint density at radius 3 is 2.33 bits per heavy atom. The minimum absolute atomic E-state index is 0.0316. The third-order valence-corrected chi connectivity index (χ3v) is 5.42. The van der Waals surface area contributed by atoms with Crippen LogP contribution in [0.4, 0.5) is 0 Å². The minimum atomic E-state index is -3.71. The molecule has 0 aromatic heterocycles. The number of nitrogens with zero attached hydrogens (tertiary/aromatic N) is 1. The highest BCUT2D eigenvalue weighted by Gasteiger charge is 2.17. The average molecular weight is 367 g/mol. The average Bonchev–Trinajstić information content (AvgIpc) is 2.55. The summed E-state index contributed by atoms with van der Waals surface area (Å²) in [4.78, 5) is 13.4. The molecule has 0 aliphatic carbocycles. The number of hydrogen-bond donors (Lipinski definition) is 1. The molecule has 0 heterocycles. The van der Waals surface area contributed by atoms with E-state index in [0.717, 1.165) is 5.56 Å². The Bertz CT molecular complexity index is 794. The third-order valence-electron chi connectivity index (χ3n) is 3.46. The van der Waals surface area contributed by atoms with Crippen LogP contribution in [-0.2, 0) is 21.4 Å². The number of halogens is 1. The molecule has 0 spiro atoms. The number of benzene rings is 2. The number of carbonyl (C=O) groups excluding carboxylic acids is 1. The molecule has 0 fully saturated rings. The number of sulfonamides is 1. The molecular formula is C17H19ClN2O3S. The van der Waals surface area contributed by atoms with Crippen molar-refractivity contribution >= 4 is 27.5 Å². The van der Waals surface area contributed by atoms with Crippen LogP contribution in [0.5, 0.6) is 0 Å². The summed E-state index contributed by atoms with van der Waals surface area (Å²) in [5.74, 6) is -0.115. The van der Waals surface area contributed by atoms with Gasteiger partial charge in [0, 0.05) is 26.6 Å². The quantitative estimate of drug-likeness (QED) is 0.819. The van der Waals surface area contributed by atoms with E-state index < -0.39 is 10.0 Å². The van der Waals surface area contributed by atoms with E-state index in [1.807, 2.05) is 30.3 Å². The molecular weight excluding hydrogens is 348 g/mol. The van der Waals surface area contributed by atoms with Crippen LogP contribution in [0.15, 0.2) is 59.5 Å². The molecule has 5 nitrogen and oxygen atoms in total. The van der Waals surface area contributed by atoms with Gasteiger partial charge in [-0.1, -0.05) is 54.1 Å². The van der Waals surface area contributed by atoms with Crippen molar-refractivity contribution < 1.29 is 13.2 Å². The molecule has 2 rings (SSSR count). The largest absolute Gasteiger partial charge is 0.337 e. The summed E-state index contributed by atoms with van der Waals surface area (Å²) in [5, 5.41) is 0.165. The van der Waals surface area contributed by atoms with Gasteiger partial charge >= 0.3 is 0 Å². The Hall–Kier alpha value is -1.89. The highest BCUT2D eigenvalue weighted by Crippen LogP contribution is 2.19. The van der Waals surface area contributed by atoms with Gasteiger partial charge in [0.05, 0.1) is 5.02 Å². The van der Waals surface area contributed by atoms with Gasteiger partial charge in [-0.2, -0.15) is 0 Å². The Morgan fingerprint density at radius 1 is 1.08 bits per heavy atom. The Balaban J connectivity index is 1.98. The van der Waals surface area contributed by atoms with E-state index in [4.69, 9.17) is 11.6 Å². The van der Waals surface area contributed by atoms with Gasteiger partial charge in [0.2, 0.25) is 15.9 Å². The first kappa shape index (κ1) is 18.4. The van der Waals surface area contributed by atoms with Crippen molar-refractivity contribution in [1.29, 1.82) is 0 Å². The summed E-state index contributed by atoms with van der Waals surface area (Å²) in [7, 11) is -3.71. The number of nitrogens with one attached hydrogen (secondary N) is 1. The number of rotatable bonds is 7. The lowest BCUT2D eigenvalue weighted by Crippen LogP contribution is -2.37. The molecule has 24 heavy (non-hydrogen) atoms. The van der Waals surface area contributed by atoms with Gasteiger partial charge < -0.3 is 4.90 Å². The molecule has 1 N–H and O–H groups in total. The predicted octanol–water partition coefficient (Wildman–Crippen LogP) is 2.67. The Labute approximate surface area is 147 Å². The monoisotopic (exact) mass is 366 g/mol. The van der Waals surface area contributed by atoms with Gasteiger partial charge in [0.1, 0.15) is 4.90 Å². The van der Waals surface area contributed by atoms with Gasteiger partial charge in [-0.05, 0) is 17.7 Å². The van der Waals surface area contributed by atoms with Gasteiger partial charge in [0.15, 0.2) is 0 Å². The fraction of sp³-hybridized carbons (Fsp3) is 0.235. The highest BCUT2D eigenvalue weighted by atomic mass is 35.5. The number of hydrogen-bond acceptors (Lipinski definition) is 3. The van der Waals surface area contributed by atoms with E-state index in [-0.39, 0.29) is 28.9 Å². The maximum atomic E-state index is 12.3. The van der Waals surface area contributed by atoms with Gasteiger partial charge in [0.25, 0.3) is 0 Å². The van der Waals surface area contributed by atoms with Crippen LogP contribution in [0, 0.1) is 0 Å². The second-order valence-electron chi connectivity index (χ2n) is 5.25. The first-order chi connectivity index (χ1) is 11.4. The van der Waals surface area contributed by atoms with E-state index in [1.54, 1.807) is 17.0 Å². The number of carbonyl (C=O) groups is 1. The summed E-state index contributed by atoms with van der Waals surface area (Å²) in [6.45, 7) is 2.28. The fourth-order valence-electron chi connectivity index (χ4n) is 2.21. The molecule has 0 unspecified atom stereocenters. The molecule has 0 atom stereocenters. The highest BCUT2D eigenvalue weighted by molar-refractivity contribution is 7.89. The fourth-order valence-corrected chi connectivity index (χ4v) is 3.75. The zero-order chi connectivity index (χ0) is 17.6. The SMILES string of the molecule is CC(=O)N(CCNS(=O)(=O)c1ccccc1Cl)Cc1ccccc1. The lowest BCUT2D eigenvalue weighted by molar-refractivity contribution is -0.129. The maximum Gasteiger partial charge on any atom is 0.242 e. The van der Waals surface area contributed by atoms with Gasteiger partial charge in [-0.25, -0.2) is 13.1 Å². The van der Waals surface area contributed by atoms with Crippen molar-refractivity contribution in [3.05, 3.63) is 65.2 Å². The van der Waals surface area contributed by atoms with E-state index in [9.17, 15) is 13.2 Å². The zero-order valence-corrected chi connectivity index (χ0v) is 14.8. The zero-order valence-electron chi connectivity index (χ0n) is 13.3. The van der Waals surface area contributed by atoms with Crippen LogP contribution >= 0.6 is 11.6 Å². The molecule has 1 amide bonds. The summed E-state index contributed by atoms with van der Waals surface area (Å²) >= 11 is 5.92. The maximum absolute atomic E-state index is 12.3. The van der Waals surface area contributed by atoms with Gasteiger partial charge in [-0.3, -0.25) is 4.79 Å². The van der Waals surface area contributed by atoms with Crippen molar-refractivity contribution in [2.45, 2.75) is 18.4 Å². The van der Waals surface area contributed by atoms with E-state index in [1.165, 1.54) is 19.1 Å². The summed E-state index contributed by atoms with van der Waals surface area (Å²) in [6.07, 6.45) is 0. The van der Waals surface area contributed by atoms with Crippen LogP contribution in [-0.4, -0.2) is 32.3 Å². The van der Waals surface area contributed by atoms with Crippen molar-refractivity contribution in [1.82, 2.24) is 9.62 Å². The lowest BCUT2D eigenvalue weighted by atomic mass is 10.2. The first-order valence-corrected chi connectivity index (χ1v) is 9.30. The van der Waals surface area contributed by atoms with E-state index >= 15 is 0 Å². The molecule has 0 saturated carbocycles. The van der Waals surface area contributed by atoms with E-state index in [2.05, 4.69) is 4.72 Å². The van der Waals surface area contributed by atoms with Crippen molar-refractivity contribution in [2.24, 2.45) is 0 Å². The molecule has 0 saturated heterocycles. The molecule has 0 aliphatic heterocycles. The van der Waals surface area contributed by atoms with Crippen molar-refractivity contribution in [3.8, 4) is 0 Å². The Kier molecular flexibility index (Phi) is 6.36. The minimum Gasteiger partial charge on any atom is -0.337 e. The van der Waals surface area contributed by atoms with E-state index in [0.29, 0.717) is 6.54 Å². The molecule has 0 aliphatic rings. The van der Waals surface area contributed by atoms with Crippen LogP contribution in [0.25, 0.3) is 0 Å². The number of amides is 1. The molecule has 2 aromatic carbocycles. The lowest BCUT2D eigenvalue weighted by Gasteiger charge is -2.21. The summed E-state index contributed by atoms with van der Waals surface area (Å²) in [5.41, 5.74) is 0.988. The topological polar surface area (TPSA) is 66.5 Å². The molecule has 128 valence electrons. The second-order valence-corrected chi connectivity index (χ2v) is 7.40. The third kappa shape index (κ3) is 5.06. The van der Waals surface area contributed by atoms with Crippen molar-refractivity contribution in [2.75, 3.05) is 13.1 Å². The predicted molar refractivity (Wildman–Crippen MR) is 94.2 cm³/mol. The summed E-state index contributed by atoms with van der Waals surface area (Å²) in [6, 6.07) is 15.8.